The van der Waals surface area contributed by atoms with Crippen LogP contribution in [0.2, 0.25) is 5.02 Å². The van der Waals surface area contributed by atoms with E-state index in [-0.39, 0.29) is 0 Å². The number of anilines is 3. The van der Waals surface area contributed by atoms with Gasteiger partial charge in [-0.3, -0.25) is 0 Å². The van der Waals surface area contributed by atoms with E-state index in [4.69, 9.17) is 16.3 Å². The summed E-state index contributed by atoms with van der Waals surface area (Å²) in [7, 11) is 0. The van der Waals surface area contributed by atoms with E-state index in [9.17, 15) is 0 Å². The van der Waals surface area contributed by atoms with Crippen LogP contribution in [0.1, 0.15) is 26.7 Å². The second-order valence-electron chi connectivity index (χ2n) is 6.89. The average molecular weight is 360 g/mol. The largest absolute Gasteiger partial charge is 0.381 e. The zero-order valence-corrected chi connectivity index (χ0v) is 15.7. The summed E-state index contributed by atoms with van der Waals surface area (Å²) >= 11 is 5.94. The van der Waals surface area contributed by atoms with Gasteiger partial charge in [0.15, 0.2) is 0 Å². The van der Waals surface area contributed by atoms with Gasteiger partial charge in [0.25, 0.3) is 0 Å². The minimum absolute atomic E-state index is 0.511. The molecule has 0 amide bonds. The smallest absolute Gasteiger partial charge is 0.130 e. The molecular formula is C20H26ClN3O. The summed E-state index contributed by atoms with van der Waals surface area (Å²) in [6, 6.07) is 12.7. The first kappa shape index (κ1) is 18.0. The predicted octanol–water partition coefficient (Wildman–Crippen LogP) is 5.12. The van der Waals surface area contributed by atoms with Crippen LogP contribution in [0.3, 0.4) is 0 Å². The van der Waals surface area contributed by atoms with Crippen LogP contribution in [0.15, 0.2) is 42.6 Å². The molecule has 0 unspecified atom stereocenters. The first-order valence-electron chi connectivity index (χ1n) is 8.95. The second-order valence-corrected chi connectivity index (χ2v) is 7.33. The SMILES string of the molecule is CC(C)CN(c1ccccc1Nc1ccc(Cl)cn1)C1CCOCC1. The van der Waals surface area contributed by atoms with Crippen molar-refractivity contribution in [2.45, 2.75) is 32.7 Å². The number of benzene rings is 1. The van der Waals surface area contributed by atoms with Crippen molar-refractivity contribution in [3.8, 4) is 0 Å². The number of rotatable bonds is 6. The maximum absolute atomic E-state index is 5.94. The van der Waals surface area contributed by atoms with Crippen LogP contribution in [0.5, 0.6) is 0 Å². The summed E-state index contributed by atoms with van der Waals surface area (Å²) < 4.78 is 5.56. The maximum Gasteiger partial charge on any atom is 0.130 e. The third kappa shape index (κ3) is 4.86. The highest BCUT2D eigenvalue weighted by molar-refractivity contribution is 6.30. The fourth-order valence-electron chi connectivity index (χ4n) is 3.25. The molecule has 1 aliphatic heterocycles. The molecule has 2 aromatic rings. The zero-order chi connectivity index (χ0) is 17.6. The molecule has 2 heterocycles. The quantitative estimate of drug-likeness (QED) is 0.776. The number of pyridine rings is 1. The Labute approximate surface area is 155 Å². The van der Waals surface area contributed by atoms with Crippen molar-refractivity contribution < 1.29 is 4.74 Å². The Morgan fingerprint density at radius 3 is 2.64 bits per heavy atom. The standard InChI is InChI=1S/C20H26ClN3O/c1-15(2)14-24(17-9-11-25-12-10-17)19-6-4-3-5-18(19)23-20-8-7-16(21)13-22-20/h3-8,13,15,17H,9-12,14H2,1-2H3,(H,22,23). The lowest BCUT2D eigenvalue weighted by Gasteiger charge is -2.38. The normalized spacial score (nSPS) is 15.4. The van der Waals surface area contributed by atoms with Crippen molar-refractivity contribution in [1.82, 2.24) is 4.98 Å². The topological polar surface area (TPSA) is 37.4 Å². The van der Waals surface area contributed by atoms with Crippen LogP contribution in [0.25, 0.3) is 0 Å². The second kappa shape index (κ2) is 8.54. The summed E-state index contributed by atoms with van der Waals surface area (Å²) in [6.07, 6.45) is 3.80. The van der Waals surface area contributed by atoms with Gasteiger partial charge in [-0.05, 0) is 43.0 Å². The molecule has 134 valence electrons. The van der Waals surface area contributed by atoms with Gasteiger partial charge >= 0.3 is 0 Å². The Kier molecular flexibility index (Phi) is 6.16. The zero-order valence-electron chi connectivity index (χ0n) is 14.9. The molecule has 3 rings (SSSR count). The van der Waals surface area contributed by atoms with Crippen LogP contribution in [0, 0.1) is 5.92 Å². The first-order chi connectivity index (χ1) is 12.1. The fourth-order valence-corrected chi connectivity index (χ4v) is 3.36. The summed E-state index contributed by atoms with van der Waals surface area (Å²) in [5, 5.41) is 4.09. The highest BCUT2D eigenvalue weighted by Crippen LogP contribution is 2.32. The first-order valence-corrected chi connectivity index (χ1v) is 9.33. The van der Waals surface area contributed by atoms with E-state index >= 15 is 0 Å². The molecule has 1 saturated heterocycles. The monoisotopic (exact) mass is 359 g/mol. The number of halogens is 1. The van der Waals surface area contributed by atoms with Gasteiger partial charge in [-0.1, -0.05) is 37.6 Å². The third-order valence-corrected chi connectivity index (χ3v) is 4.62. The van der Waals surface area contributed by atoms with Crippen molar-refractivity contribution in [1.29, 1.82) is 0 Å². The minimum Gasteiger partial charge on any atom is -0.381 e. The molecule has 0 bridgehead atoms. The van der Waals surface area contributed by atoms with E-state index < -0.39 is 0 Å². The maximum atomic E-state index is 5.94. The number of aromatic nitrogens is 1. The van der Waals surface area contributed by atoms with E-state index in [1.165, 1.54) is 5.69 Å². The van der Waals surface area contributed by atoms with Gasteiger partial charge in [0.2, 0.25) is 0 Å². The molecule has 1 aromatic carbocycles. The molecule has 1 fully saturated rings. The molecule has 0 aliphatic carbocycles. The molecule has 0 radical (unpaired) electrons. The van der Waals surface area contributed by atoms with Gasteiger partial charge in [0.05, 0.1) is 16.4 Å². The van der Waals surface area contributed by atoms with Crippen LogP contribution < -0.4 is 10.2 Å². The van der Waals surface area contributed by atoms with Crippen LogP contribution in [-0.2, 0) is 4.74 Å². The number of nitrogens with zero attached hydrogens (tertiary/aromatic N) is 2. The van der Waals surface area contributed by atoms with E-state index in [1.807, 2.05) is 12.1 Å². The third-order valence-electron chi connectivity index (χ3n) is 4.40. The van der Waals surface area contributed by atoms with Crippen molar-refractivity contribution in [3.63, 3.8) is 0 Å². The Bertz CT molecular complexity index is 669. The summed E-state index contributed by atoms with van der Waals surface area (Å²) in [5.74, 6) is 1.39. The molecule has 1 aliphatic rings. The predicted molar refractivity (Wildman–Crippen MR) is 105 cm³/mol. The van der Waals surface area contributed by atoms with Crippen molar-refractivity contribution in [2.75, 3.05) is 30.0 Å². The highest BCUT2D eigenvalue weighted by atomic mass is 35.5. The summed E-state index contributed by atoms with van der Waals surface area (Å²) in [6.45, 7) is 7.24. The molecule has 0 atom stereocenters. The van der Waals surface area contributed by atoms with E-state index in [0.717, 1.165) is 44.1 Å². The number of para-hydroxylation sites is 2. The lowest BCUT2D eigenvalue weighted by molar-refractivity contribution is 0.0839. The van der Waals surface area contributed by atoms with Gasteiger partial charge in [-0.15, -0.1) is 0 Å². The van der Waals surface area contributed by atoms with Crippen LogP contribution in [-0.4, -0.2) is 30.8 Å². The average Bonchev–Trinajstić information content (AvgIpc) is 2.63. The number of nitrogens with one attached hydrogen (secondary N) is 1. The number of ether oxygens (including phenoxy) is 1. The van der Waals surface area contributed by atoms with Crippen LogP contribution in [0.4, 0.5) is 17.2 Å². The molecule has 0 saturated carbocycles. The molecule has 1 aromatic heterocycles. The number of hydrogen-bond donors (Lipinski definition) is 1. The van der Waals surface area contributed by atoms with E-state index in [2.05, 4.69) is 53.3 Å². The lowest BCUT2D eigenvalue weighted by atomic mass is 10.0. The lowest BCUT2D eigenvalue weighted by Crippen LogP contribution is -2.42. The molecule has 1 N–H and O–H groups in total. The molecule has 0 spiro atoms. The number of hydrogen-bond acceptors (Lipinski definition) is 4. The summed E-state index contributed by atoms with van der Waals surface area (Å²) in [4.78, 5) is 6.90. The summed E-state index contributed by atoms with van der Waals surface area (Å²) in [5.41, 5.74) is 2.30. The Morgan fingerprint density at radius 1 is 1.20 bits per heavy atom. The van der Waals surface area contributed by atoms with Crippen molar-refractivity contribution in [3.05, 3.63) is 47.6 Å². The molecule has 25 heavy (non-hydrogen) atoms. The van der Waals surface area contributed by atoms with Crippen LogP contribution >= 0.6 is 11.6 Å². The Balaban J connectivity index is 1.88. The minimum atomic E-state index is 0.511. The highest BCUT2D eigenvalue weighted by Gasteiger charge is 2.24. The van der Waals surface area contributed by atoms with Gasteiger partial charge in [0, 0.05) is 32.0 Å². The molecular weight excluding hydrogens is 334 g/mol. The Hall–Kier alpha value is -1.78. The van der Waals surface area contributed by atoms with E-state index in [0.29, 0.717) is 17.0 Å². The molecule has 4 nitrogen and oxygen atoms in total. The van der Waals surface area contributed by atoms with Gasteiger partial charge < -0.3 is 15.0 Å². The molecule has 5 heteroatoms. The van der Waals surface area contributed by atoms with Gasteiger partial charge in [0.1, 0.15) is 5.82 Å². The van der Waals surface area contributed by atoms with Gasteiger partial charge in [-0.2, -0.15) is 0 Å². The van der Waals surface area contributed by atoms with Gasteiger partial charge in [-0.25, -0.2) is 4.98 Å². The fraction of sp³-hybridized carbons (Fsp3) is 0.450. The van der Waals surface area contributed by atoms with Crippen molar-refractivity contribution in [2.24, 2.45) is 5.92 Å². The Morgan fingerprint density at radius 2 is 1.96 bits per heavy atom. The van der Waals surface area contributed by atoms with E-state index in [1.54, 1.807) is 6.20 Å². The van der Waals surface area contributed by atoms with Crippen molar-refractivity contribution >= 4 is 28.8 Å².